The number of carbonyl (C=O) groups is 2. The van der Waals surface area contributed by atoms with Gasteiger partial charge in [-0.2, -0.15) is 13.2 Å². The molecule has 33 heavy (non-hydrogen) atoms. The second kappa shape index (κ2) is 9.14. The Balaban J connectivity index is 1.33. The van der Waals surface area contributed by atoms with Crippen LogP contribution in [0.5, 0.6) is 0 Å². The van der Waals surface area contributed by atoms with E-state index in [9.17, 15) is 22.8 Å². The van der Waals surface area contributed by atoms with E-state index in [2.05, 4.69) is 15.6 Å². The summed E-state index contributed by atoms with van der Waals surface area (Å²) in [5.41, 5.74) is -0.967. The van der Waals surface area contributed by atoms with E-state index < -0.39 is 28.4 Å². The minimum atomic E-state index is -4.66. The largest absolute Gasteiger partial charge is 0.417 e. The van der Waals surface area contributed by atoms with Crippen LogP contribution in [0.4, 0.5) is 13.2 Å². The summed E-state index contributed by atoms with van der Waals surface area (Å²) in [7, 11) is 0. The Labute approximate surface area is 199 Å². The topological polar surface area (TPSA) is 71.1 Å². The first-order chi connectivity index (χ1) is 15.6. The number of amides is 2. The summed E-state index contributed by atoms with van der Waals surface area (Å²) in [5.74, 6) is 0.136. The highest BCUT2D eigenvalue weighted by molar-refractivity contribution is 6.34. The molecule has 2 aromatic rings. The maximum Gasteiger partial charge on any atom is 0.417 e. The molecule has 0 aliphatic heterocycles. The molecule has 2 aliphatic rings. The molecule has 1 aromatic carbocycles. The number of hydrogen-bond donors (Lipinski definition) is 2. The summed E-state index contributed by atoms with van der Waals surface area (Å²) >= 11 is 11.7. The Morgan fingerprint density at radius 1 is 1.09 bits per heavy atom. The van der Waals surface area contributed by atoms with Crippen molar-refractivity contribution in [2.75, 3.05) is 0 Å². The highest BCUT2D eigenvalue weighted by Gasteiger charge is 2.58. The van der Waals surface area contributed by atoms with Gasteiger partial charge >= 0.3 is 6.18 Å². The summed E-state index contributed by atoms with van der Waals surface area (Å²) in [5, 5.41) is 5.74. The molecule has 2 aliphatic carbocycles. The maximum absolute atomic E-state index is 13.0. The van der Waals surface area contributed by atoms with Crippen molar-refractivity contribution in [2.45, 2.75) is 44.4 Å². The first-order valence-corrected chi connectivity index (χ1v) is 11.4. The Hall–Kier alpha value is -2.32. The fraction of sp³-hybridized carbons (Fsp3) is 0.435. The zero-order chi connectivity index (χ0) is 23.9. The summed E-state index contributed by atoms with van der Waals surface area (Å²) in [4.78, 5) is 28.8. The molecule has 2 N–H and O–H groups in total. The van der Waals surface area contributed by atoms with Crippen LogP contribution in [-0.4, -0.2) is 28.9 Å². The third-order valence-corrected chi connectivity index (χ3v) is 7.22. The van der Waals surface area contributed by atoms with E-state index in [0.29, 0.717) is 41.2 Å². The van der Waals surface area contributed by atoms with E-state index in [0.717, 1.165) is 18.7 Å². The number of fused-ring (bicyclic) bond motifs is 1. The van der Waals surface area contributed by atoms with Gasteiger partial charge in [-0.1, -0.05) is 30.1 Å². The molecule has 176 valence electrons. The fourth-order valence-corrected chi connectivity index (χ4v) is 5.44. The lowest BCUT2D eigenvalue weighted by Gasteiger charge is -2.22. The van der Waals surface area contributed by atoms with Gasteiger partial charge in [0.05, 0.1) is 10.6 Å². The third-order valence-electron chi connectivity index (χ3n) is 6.58. The molecule has 2 saturated carbocycles. The first-order valence-electron chi connectivity index (χ1n) is 10.7. The lowest BCUT2D eigenvalue weighted by Crippen LogP contribution is -2.39. The molecule has 2 amide bonds. The second-order valence-electron chi connectivity index (χ2n) is 8.56. The van der Waals surface area contributed by atoms with Crippen molar-refractivity contribution in [1.29, 1.82) is 0 Å². The average molecular weight is 500 g/mol. The summed E-state index contributed by atoms with van der Waals surface area (Å²) in [6.45, 7) is 2.02. The molecule has 5 atom stereocenters. The van der Waals surface area contributed by atoms with E-state index in [1.165, 1.54) is 0 Å². The Kier molecular flexibility index (Phi) is 6.60. The van der Waals surface area contributed by atoms with E-state index in [1.54, 1.807) is 24.3 Å². The van der Waals surface area contributed by atoms with Gasteiger partial charge in [-0.3, -0.25) is 9.59 Å². The van der Waals surface area contributed by atoms with Crippen molar-refractivity contribution in [1.82, 2.24) is 15.6 Å². The van der Waals surface area contributed by atoms with Gasteiger partial charge in [0.25, 0.3) is 11.8 Å². The van der Waals surface area contributed by atoms with Crippen molar-refractivity contribution in [3.05, 3.63) is 63.4 Å². The van der Waals surface area contributed by atoms with Gasteiger partial charge in [-0.05, 0) is 67.3 Å². The zero-order valence-electron chi connectivity index (χ0n) is 17.6. The number of rotatable bonds is 6. The van der Waals surface area contributed by atoms with Crippen LogP contribution in [0, 0.1) is 17.8 Å². The molecular formula is C23H22Cl2F3N3O2. The number of nitrogens with one attached hydrogen (secondary N) is 2. The van der Waals surface area contributed by atoms with Crippen molar-refractivity contribution in [3.63, 3.8) is 0 Å². The molecule has 0 spiro atoms. The standard InChI is InChI=1S/C23H22Cl2F3N3O2/c1-2-17(31-21(32)11-3-5-12(24)6-4-11)18-14-9-13(10-15(14)18)30-22(33)20-19(25)16(7-8-29-20)23(26,27)28/h3-8,13-15,17-18H,2,9-10H2,1H3,(H,30,33)(H,31,32)/t13-,14+,15-,17?,18-. The Bertz CT molecular complexity index is 1050. The molecule has 2 fully saturated rings. The number of hydrogen-bond acceptors (Lipinski definition) is 3. The van der Waals surface area contributed by atoms with E-state index in [-0.39, 0.29) is 18.0 Å². The van der Waals surface area contributed by atoms with Gasteiger partial charge in [0, 0.05) is 28.9 Å². The number of benzene rings is 1. The second-order valence-corrected chi connectivity index (χ2v) is 9.38. The lowest BCUT2D eigenvalue weighted by atomic mass is 9.99. The number of alkyl halides is 3. The molecule has 0 radical (unpaired) electrons. The molecule has 1 aromatic heterocycles. The van der Waals surface area contributed by atoms with Crippen LogP contribution in [0.25, 0.3) is 0 Å². The predicted molar refractivity (Wildman–Crippen MR) is 118 cm³/mol. The summed E-state index contributed by atoms with van der Waals surface area (Å²) in [6, 6.07) is 7.29. The van der Waals surface area contributed by atoms with Gasteiger partial charge in [0.2, 0.25) is 0 Å². The molecule has 5 nitrogen and oxygen atoms in total. The molecule has 0 saturated heterocycles. The number of carbonyl (C=O) groups excluding carboxylic acids is 2. The molecule has 1 unspecified atom stereocenters. The van der Waals surface area contributed by atoms with Crippen LogP contribution in [0.15, 0.2) is 36.5 Å². The van der Waals surface area contributed by atoms with Crippen LogP contribution >= 0.6 is 23.2 Å². The minimum absolute atomic E-state index is 0.0133. The molecular weight excluding hydrogens is 478 g/mol. The van der Waals surface area contributed by atoms with Crippen LogP contribution in [0.1, 0.15) is 52.6 Å². The smallest absolute Gasteiger partial charge is 0.349 e. The normalized spacial score (nSPS) is 24.7. The van der Waals surface area contributed by atoms with E-state index >= 15 is 0 Å². The van der Waals surface area contributed by atoms with Gasteiger partial charge in [0.15, 0.2) is 0 Å². The van der Waals surface area contributed by atoms with Crippen molar-refractivity contribution >= 4 is 35.0 Å². The quantitative estimate of drug-likeness (QED) is 0.561. The van der Waals surface area contributed by atoms with E-state index in [1.807, 2.05) is 6.92 Å². The van der Waals surface area contributed by atoms with Gasteiger partial charge in [-0.25, -0.2) is 4.98 Å². The van der Waals surface area contributed by atoms with Crippen LogP contribution in [-0.2, 0) is 6.18 Å². The Morgan fingerprint density at radius 3 is 2.30 bits per heavy atom. The van der Waals surface area contributed by atoms with Gasteiger partial charge in [0.1, 0.15) is 5.69 Å². The third kappa shape index (κ3) is 4.96. The predicted octanol–water partition coefficient (Wildman–Crippen LogP) is 5.37. The van der Waals surface area contributed by atoms with Crippen molar-refractivity contribution in [3.8, 4) is 0 Å². The van der Waals surface area contributed by atoms with Crippen LogP contribution in [0.2, 0.25) is 10.0 Å². The number of aromatic nitrogens is 1. The van der Waals surface area contributed by atoms with Crippen LogP contribution < -0.4 is 10.6 Å². The first kappa shape index (κ1) is 23.8. The lowest BCUT2D eigenvalue weighted by molar-refractivity contribution is -0.137. The monoisotopic (exact) mass is 499 g/mol. The van der Waals surface area contributed by atoms with Crippen molar-refractivity contribution < 1.29 is 22.8 Å². The maximum atomic E-state index is 13.0. The SMILES string of the molecule is CCC(NC(=O)c1ccc(Cl)cc1)[C@H]1[C@@H]2C[C@H](NC(=O)c3nccc(C(F)(F)F)c3Cl)C[C@@H]21. The zero-order valence-corrected chi connectivity index (χ0v) is 19.1. The summed E-state index contributed by atoms with van der Waals surface area (Å²) in [6.07, 6.45) is -1.56. The fourth-order valence-electron chi connectivity index (χ4n) is 5.00. The minimum Gasteiger partial charge on any atom is -0.349 e. The van der Waals surface area contributed by atoms with Crippen LogP contribution in [0.3, 0.4) is 0 Å². The van der Waals surface area contributed by atoms with E-state index in [4.69, 9.17) is 23.2 Å². The molecule has 0 bridgehead atoms. The number of halogens is 5. The van der Waals surface area contributed by atoms with Crippen molar-refractivity contribution in [2.24, 2.45) is 17.8 Å². The number of pyridine rings is 1. The van der Waals surface area contributed by atoms with Gasteiger partial charge in [-0.15, -0.1) is 0 Å². The number of nitrogens with zero attached hydrogens (tertiary/aromatic N) is 1. The highest BCUT2D eigenvalue weighted by Crippen LogP contribution is 2.59. The van der Waals surface area contributed by atoms with Gasteiger partial charge < -0.3 is 10.6 Å². The summed E-state index contributed by atoms with van der Waals surface area (Å²) < 4.78 is 39.1. The molecule has 10 heteroatoms. The average Bonchev–Trinajstić information content (AvgIpc) is 3.25. The Morgan fingerprint density at radius 2 is 1.73 bits per heavy atom. The molecule has 4 rings (SSSR count). The highest BCUT2D eigenvalue weighted by atomic mass is 35.5. The molecule has 1 heterocycles.